The molecule has 88 valence electrons. The molecule has 0 atom stereocenters. The third kappa shape index (κ3) is 2.26. The zero-order valence-electron chi connectivity index (χ0n) is 9.28. The Morgan fingerprint density at radius 1 is 1.35 bits per heavy atom. The molecule has 0 aliphatic heterocycles. The van der Waals surface area contributed by atoms with Gasteiger partial charge in [0.15, 0.2) is 0 Å². The molecule has 1 aliphatic carbocycles. The fraction of sp³-hybridized carbons (Fsp3) is 0.364. The van der Waals surface area contributed by atoms with Crippen molar-refractivity contribution in [3.05, 3.63) is 24.4 Å². The van der Waals surface area contributed by atoms with Gasteiger partial charge in [0, 0.05) is 11.9 Å². The van der Waals surface area contributed by atoms with Gasteiger partial charge in [-0.25, -0.2) is 4.68 Å². The van der Waals surface area contributed by atoms with Crippen molar-refractivity contribution < 1.29 is 0 Å². The predicted octanol–water partition coefficient (Wildman–Crippen LogP) is 1.56. The highest BCUT2D eigenvalue weighted by atomic mass is 32.2. The molecule has 2 aromatic rings. The fourth-order valence-corrected chi connectivity index (χ4v) is 2.56. The summed E-state index contributed by atoms with van der Waals surface area (Å²) in [4.78, 5) is 4.22. The van der Waals surface area contributed by atoms with E-state index in [9.17, 15) is 0 Å². The van der Waals surface area contributed by atoms with Crippen molar-refractivity contribution in [3.63, 3.8) is 0 Å². The van der Waals surface area contributed by atoms with Crippen LogP contribution in [0.5, 0.6) is 0 Å². The lowest BCUT2D eigenvalue weighted by Crippen LogP contribution is -2.12. The van der Waals surface area contributed by atoms with E-state index in [-0.39, 0.29) is 0 Å². The first-order chi connectivity index (χ1) is 8.34. The van der Waals surface area contributed by atoms with Crippen LogP contribution in [0.4, 0.5) is 0 Å². The first kappa shape index (κ1) is 10.6. The maximum absolute atomic E-state index is 5.97. The predicted molar refractivity (Wildman–Crippen MR) is 66.9 cm³/mol. The zero-order valence-corrected chi connectivity index (χ0v) is 10.1. The van der Waals surface area contributed by atoms with E-state index in [1.807, 2.05) is 18.2 Å². The van der Waals surface area contributed by atoms with Crippen molar-refractivity contribution in [2.45, 2.75) is 18.0 Å². The molecule has 0 amide bonds. The fourth-order valence-electron chi connectivity index (χ4n) is 1.52. The summed E-state index contributed by atoms with van der Waals surface area (Å²) in [7, 11) is 0. The molecule has 0 saturated heterocycles. The topological polar surface area (TPSA) is 69.6 Å². The number of hydrogen-bond donors (Lipinski definition) is 1. The van der Waals surface area contributed by atoms with E-state index in [0.717, 1.165) is 22.5 Å². The minimum Gasteiger partial charge on any atom is -0.335 e. The maximum atomic E-state index is 5.97. The Bertz CT molecular complexity index is 506. The van der Waals surface area contributed by atoms with Gasteiger partial charge in [0.2, 0.25) is 11.0 Å². The summed E-state index contributed by atoms with van der Waals surface area (Å²) in [6.45, 7) is 0. The smallest absolute Gasteiger partial charge is 0.210 e. The molecule has 0 bridgehead atoms. The van der Waals surface area contributed by atoms with Gasteiger partial charge in [-0.3, -0.25) is 4.98 Å². The summed E-state index contributed by atoms with van der Waals surface area (Å²) in [5.41, 5.74) is 0.751. The summed E-state index contributed by atoms with van der Waals surface area (Å²) < 4.78 is 1.52. The van der Waals surface area contributed by atoms with Gasteiger partial charge in [0.25, 0.3) is 0 Å². The Morgan fingerprint density at radius 3 is 2.94 bits per heavy atom. The van der Waals surface area contributed by atoms with Gasteiger partial charge in [-0.05, 0) is 30.9 Å². The average molecular weight is 247 g/mol. The lowest BCUT2D eigenvalue weighted by atomic mass is 10.3. The first-order valence-electron chi connectivity index (χ1n) is 5.59. The molecule has 2 aromatic heterocycles. The van der Waals surface area contributed by atoms with Crippen LogP contribution < -0.4 is 5.84 Å². The van der Waals surface area contributed by atoms with Gasteiger partial charge in [-0.1, -0.05) is 17.8 Å². The summed E-state index contributed by atoms with van der Waals surface area (Å²) in [5.74, 6) is 8.51. The van der Waals surface area contributed by atoms with Crippen LogP contribution in [0.15, 0.2) is 29.6 Å². The minimum atomic E-state index is 0.615. The number of aromatic nitrogens is 4. The van der Waals surface area contributed by atoms with Gasteiger partial charge in [0.05, 0.1) is 0 Å². The standard InChI is InChI=1S/C11H13N5S/c12-16-10(9-3-1-2-6-13-9)14-15-11(16)17-7-8-4-5-8/h1-3,6,8H,4-5,7,12H2. The number of rotatable bonds is 4. The molecule has 3 rings (SSSR count). The van der Waals surface area contributed by atoms with Gasteiger partial charge in [0.1, 0.15) is 5.69 Å². The SMILES string of the molecule is Nn1c(SCC2CC2)nnc1-c1ccccn1. The molecular formula is C11H13N5S. The number of hydrogen-bond acceptors (Lipinski definition) is 5. The van der Waals surface area contributed by atoms with Crippen LogP contribution in [-0.2, 0) is 0 Å². The highest BCUT2D eigenvalue weighted by Crippen LogP contribution is 2.34. The molecule has 1 fully saturated rings. The highest BCUT2D eigenvalue weighted by molar-refractivity contribution is 7.99. The van der Waals surface area contributed by atoms with Crippen molar-refractivity contribution in [3.8, 4) is 11.5 Å². The van der Waals surface area contributed by atoms with Gasteiger partial charge in [-0.2, -0.15) is 0 Å². The number of nitrogens with two attached hydrogens (primary N) is 1. The van der Waals surface area contributed by atoms with Crippen molar-refractivity contribution in [1.82, 2.24) is 19.9 Å². The summed E-state index contributed by atoms with van der Waals surface area (Å²) in [6, 6.07) is 5.65. The van der Waals surface area contributed by atoms with Crippen LogP contribution in [0, 0.1) is 5.92 Å². The van der Waals surface area contributed by atoms with Crippen molar-refractivity contribution in [2.75, 3.05) is 11.6 Å². The Kier molecular flexibility index (Phi) is 2.72. The Morgan fingerprint density at radius 2 is 2.24 bits per heavy atom. The van der Waals surface area contributed by atoms with Gasteiger partial charge >= 0.3 is 0 Å². The van der Waals surface area contributed by atoms with Crippen LogP contribution in [0.2, 0.25) is 0 Å². The molecule has 17 heavy (non-hydrogen) atoms. The second-order valence-electron chi connectivity index (χ2n) is 4.15. The largest absolute Gasteiger partial charge is 0.335 e. The third-order valence-electron chi connectivity index (χ3n) is 2.70. The van der Waals surface area contributed by atoms with Crippen molar-refractivity contribution >= 4 is 11.8 Å². The lowest BCUT2D eigenvalue weighted by molar-refractivity contribution is 0.843. The van der Waals surface area contributed by atoms with Crippen LogP contribution in [0.25, 0.3) is 11.5 Å². The summed E-state index contributed by atoms with van der Waals surface area (Å²) in [6.07, 6.45) is 4.39. The molecule has 0 spiro atoms. The molecular weight excluding hydrogens is 234 g/mol. The van der Waals surface area contributed by atoms with E-state index >= 15 is 0 Å². The van der Waals surface area contributed by atoms with Crippen molar-refractivity contribution in [2.24, 2.45) is 5.92 Å². The van der Waals surface area contributed by atoms with E-state index in [4.69, 9.17) is 5.84 Å². The third-order valence-corrected chi connectivity index (χ3v) is 3.88. The zero-order chi connectivity index (χ0) is 11.7. The molecule has 6 heteroatoms. The molecule has 1 aliphatic rings. The molecule has 0 aromatic carbocycles. The van der Waals surface area contributed by atoms with Crippen LogP contribution in [0.3, 0.4) is 0 Å². The quantitative estimate of drug-likeness (QED) is 0.656. The molecule has 0 radical (unpaired) electrons. The normalized spacial score (nSPS) is 15.1. The molecule has 2 heterocycles. The Labute approximate surface area is 103 Å². The van der Waals surface area contributed by atoms with Gasteiger partial charge in [-0.15, -0.1) is 10.2 Å². The number of pyridine rings is 1. The van der Waals surface area contributed by atoms with Crippen molar-refractivity contribution in [1.29, 1.82) is 0 Å². The van der Waals surface area contributed by atoms with E-state index in [1.54, 1.807) is 18.0 Å². The summed E-state index contributed by atoms with van der Waals surface area (Å²) in [5, 5.41) is 8.95. The molecule has 0 unspecified atom stereocenters. The van der Waals surface area contributed by atoms with E-state index in [1.165, 1.54) is 17.5 Å². The van der Waals surface area contributed by atoms with E-state index < -0.39 is 0 Å². The lowest BCUT2D eigenvalue weighted by Gasteiger charge is -2.02. The average Bonchev–Trinajstić information content (AvgIpc) is 3.12. The summed E-state index contributed by atoms with van der Waals surface area (Å²) >= 11 is 1.67. The second-order valence-corrected chi connectivity index (χ2v) is 5.13. The highest BCUT2D eigenvalue weighted by Gasteiger charge is 2.23. The monoisotopic (exact) mass is 247 g/mol. The molecule has 1 saturated carbocycles. The number of nitrogens with zero attached hydrogens (tertiary/aromatic N) is 4. The van der Waals surface area contributed by atoms with E-state index in [2.05, 4.69) is 15.2 Å². The minimum absolute atomic E-state index is 0.615. The molecule has 5 nitrogen and oxygen atoms in total. The van der Waals surface area contributed by atoms with Gasteiger partial charge < -0.3 is 5.84 Å². The number of nitrogen functional groups attached to an aromatic ring is 1. The van der Waals surface area contributed by atoms with Crippen LogP contribution in [-0.4, -0.2) is 25.6 Å². The van der Waals surface area contributed by atoms with Crippen LogP contribution >= 0.6 is 11.8 Å². The number of thioether (sulfide) groups is 1. The Balaban J connectivity index is 1.81. The first-order valence-corrected chi connectivity index (χ1v) is 6.58. The van der Waals surface area contributed by atoms with E-state index in [0.29, 0.717) is 5.82 Å². The van der Waals surface area contributed by atoms with Crippen LogP contribution in [0.1, 0.15) is 12.8 Å². The molecule has 2 N–H and O–H groups in total. The second kappa shape index (κ2) is 4.37. The maximum Gasteiger partial charge on any atom is 0.210 e. The Hall–Kier alpha value is -1.56.